The van der Waals surface area contributed by atoms with Gasteiger partial charge in [-0.15, -0.1) is 0 Å². The first-order valence-electron chi connectivity index (χ1n) is 7.52. The van der Waals surface area contributed by atoms with Crippen LogP contribution in [0.5, 0.6) is 0 Å². The van der Waals surface area contributed by atoms with Crippen molar-refractivity contribution in [3.8, 4) is 0 Å². The van der Waals surface area contributed by atoms with Crippen molar-refractivity contribution in [1.82, 2.24) is 4.72 Å². The summed E-state index contributed by atoms with van der Waals surface area (Å²) in [7, 11) is -3.52. The summed E-state index contributed by atoms with van der Waals surface area (Å²) in [5.41, 5.74) is 3.80. The molecule has 0 amide bonds. The average molecular weight is 342 g/mol. The summed E-state index contributed by atoms with van der Waals surface area (Å²) in [5.74, 6) is 0. The molecule has 0 heterocycles. The molecule has 22 heavy (non-hydrogen) atoms. The lowest BCUT2D eigenvalue weighted by Crippen LogP contribution is -2.50. The molecule has 0 aliphatic carbocycles. The summed E-state index contributed by atoms with van der Waals surface area (Å²) < 4.78 is 27.6. The molecule has 0 fully saturated rings. The quantitative estimate of drug-likeness (QED) is 0.724. The second kappa shape index (κ2) is 7.92. The SMILES string of the molecule is [NH3+]CCCCCCNS(=O)(=O)c1cccc2c(Cl)cccc12. The third-order valence-corrected chi connectivity index (χ3v) is 5.44. The van der Waals surface area contributed by atoms with Crippen LogP contribution in [0.25, 0.3) is 10.8 Å². The average Bonchev–Trinajstić information content (AvgIpc) is 2.50. The molecule has 6 heteroatoms. The second-order valence-electron chi connectivity index (χ2n) is 5.26. The molecular weight excluding hydrogens is 320 g/mol. The molecule has 0 radical (unpaired) electrons. The zero-order valence-electron chi connectivity index (χ0n) is 12.5. The minimum absolute atomic E-state index is 0.283. The van der Waals surface area contributed by atoms with Crippen LogP contribution in [0.15, 0.2) is 41.3 Å². The number of benzene rings is 2. The largest absolute Gasteiger partial charge is 0.358 e. The molecule has 0 unspecified atom stereocenters. The minimum Gasteiger partial charge on any atom is -0.358 e. The van der Waals surface area contributed by atoms with Crippen molar-refractivity contribution >= 4 is 32.4 Å². The molecule has 0 saturated carbocycles. The van der Waals surface area contributed by atoms with Gasteiger partial charge in [-0.05, 0) is 31.4 Å². The summed E-state index contributed by atoms with van der Waals surface area (Å²) in [5, 5.41) is 1.96. The molecule has 4 nitrogen and oxygen atoms in total. The molecule has 0 saturated heterocycles. The Morgan fingerprint density at radius 2 is 1.64 bits per heavy atom. The van der Waals surface area contributed by atoms with Gasteiger partial charge in [0.25, 0.3) is 0 Å². The standard InChI is InChI=1S/C16H21ClN2O2S/c17-15-9-5-8-14-13(15)7-6-10-16(14)22(20,21)19-12-4-2-1-3-11-18/h5-10,19H,1-4,11-12,18H2/p+1. The van der Waals surface area contributed by atoms with Crippen molar-refractivity contribution < 1.29 is 14.2 Å². The van der Waals surface area contributed by atoms with Crippen LogP contribution in [0.3, 0.4) is 0 Å². The zero-order valence-corrected chi connectivity index (χ0v) is 14.1. The first-order chi connectivity index (χ1) is 10.6. The summed E-state index contributed by atoms with van der Waals surface area (Å²) in [4.78, 5) is 0.283. The number of halogens is 1. The van der Waals surface area contributed by atoms with E-state index in [0.29, 0.717) is 17.0 Å². The van der Waals surface area contributed by atoms with Gasteiger partial charge in [0.05, 0.1) is 11.4 Å². The Bertz CT molecular complexity index is 732. The molecule has 4 N–H and O–H groups in total. The number of sulfonamides is 1. The Kier molecular flexibility index (Phi) is 6.20. The van der Waals surface area contributed by atoms with Gasteiger partial charge >= 0.3 is 0 Å². The van der Waals surface area contributed by atoms with Gasteiger partial charge < -0.3 is 5.73 Å². The number of nitrogens with one attached hydrogen (secondary N) is 1. The lowest BCUT2D eigenvalue weighted by atomic mass is 10.1. The summed E-state index contributed by atoms with van der Waals surface area (Å²) in [6.45, 7) is 1.39. The number of quaternary nitrogens is 1. The summed E-state index contributed by atoms with van der Waals surface area (Å²) >= 11 is 6.13. The molecule has 2 aromatic rings. The van der Waals surface area contributed by atoms with E-state index in [2.05, 4.69) is 10.5 Å². The lowest BCUT2D eigenvalue weighted by molar-refractivity contribution is -0.368. The van der Waals surface area contributed by atoms with Crippen LogP contribution >= 0.6 is 11.6 Å². The van der Waals surface area contributed by atoms with E-state index < -0.39 is 10.0 Å². The van der Waals surface area contributed by atoms with Crippen molar-refractivity contribution in [3.63, 3.8) is 0 Å². The van der Waals surface area contributed by atoms with Gasteiger partial charge in [-0.3, -0.25) is 0 Å². The third-order valence-electron chi connectivity index (χ3n) is 3.59. The number of hydrogen-bond donors (Lipinski definition) is 2. The van der Waals surface area contributed by atoms with Crippen LogP contribution in [0.4, 0.5) is 0 Å². The molecule has 0 spiro atoms. The fourth-order valence-electron chi connectivity index (χ4n) is 2.42. The fourth-order valence-corrected chi connectivity index (χ4v) is 3.95. The minimum atomic E-state index is -3.52. The van der Waals surface area contributed by atoms with E-state index in [4.69, 9.17) is 11.6 Å². The topological polar surface area (TPSA) is 73.8 Å². The van der Waals surface area contributed by atoms with Gasteiger partial charge in [-0.2, -0.15) is 0 Å². The smallest absolute Gasteiger partial charge is 0.241 e. The van der Waals surface area contributed by atoms with Crippen molar-refractivity contribution in [2.75, 3.05) is 13.1 Å². The first kappa shape index (κ1) is 17.2. The maximum atomic E-state index is 12.5. The highest BCUT2D eigenvalue weighted by Crippen LogP contribution is 2.28. The van der Waals surface area contributed by atoms with Crippen LogP contribution in [-0.4, -0.2) is 21.5 Å². The Morgan fingerprint density at radius 1 is 0.955 bits per heavy atom. The van der Waals surface area contributed by atoms with Crippen LogP contribution in [0, 0.1) is 0 Å². The number of hydrogen-bond acceptors (Lipinski definition) is 2. The van der Waals surface area contributed by atoms with E-state index in [9.17, 15) is 8.42 Å². The van der Waals surface area contributed by atoms with E-state index >= 15 is 0 Å². The van der Waals surface area contributed by atoms with Gasteiger partial charge in [-0.1, -0.05) is 42.3 Å². The molecule has 120 valence electrons. The number of fused-ring (bicyclic) bond motifs is 1. The van der Waals surface area contributed by atoms with Crippen LogP contribution in [0.1, 0.15) is 25.7 Å². The van der Waals surface area contributed by atoms with Crippen molar-refractivity contribution in [2.24, 2.45) is 0 Å². The fraction of sp³-hybridized carbons (Fsp3) is 0.375. The highest BCUT2D eigenvalue weighted by Gasteiger charge is 2.17. The van der Waals surface area contributed by atoms with Crippen LogP contribution in [0.2, 0.25) is 5.02 Å². The van der Waals surface area contributed by atoms with E-state index in [0.717, 1.165) is 37.6 Å². The molecule has 0 aliphatic heterocycles. The Morgan fingerprint density at radius 3 is 2.41 bits per heavy atom. The zero-order chi connectivity index (χ0) is 16.0. The van der Waals surface area contributed by atoms with E-state index in [-0.39, 0.29) is 4.90 Å². The van der Waals surface area contributed by atoms with Crippen molar-refractivity contribution in [1.29, 1.82) is 0 Å². The van der Waals surface area contributed by atoms with Crippen LogP contribution in [-0.2, 0) is 10.0 Å². The molecule has 0 aromatic heterocycles. The Hall–Kier alpha value is -1.14. The molecule has 0 atom stereocenters. The third kappa shape index (κ3) is 4.20. The van der Waals surface area contributed by atoms with Gasteiger partial charge in [0.2, 0.25) is 10.0 Å². The van der Waals surface area contributed by atoms with Crippen LogP contribution < -0.4 is 10.5 Å². The van der Waals surface area contributed by atoms with E-state index in [1.165, 1.54) is 0 Å². The van der Waals surface area contributed by atoms with Gasteiger partial charge in [-0.25, -0.2) is 13.1 Å². The normalized spacial score (nSPS) is 11.9. The first-order valence-corrected chi connectivity index (χ1v) is 9.38. The molecule has 0 bridgehead atoms. The van der Waals surface area contributed by atoms with Gasteiger partial charge in [0.1, 0.15) is 0 Å². The molecule has 2 aromatic carbocycles. The maximum absolute atomic E-state index is 12.5. The summed E-state index contributed by atoms with van der Waals surface area (Å²) in [6.07, 6.45) is 4.04. The van der Waals surface area contributed by atoms with E-state index in [1.54, 1.807) is 30.3 Å². The predicted octanol–water partition coefficient (Wildman–Crippen LogP) is 2.57. The molecule has 2 rings (SSSR count). The second-order valence-corrected chi connectivity index (χ2v) is 7.40. The van der Waals surface area contributed by atoms with Crippen molar-refractivity contribution in [2.45, 2.75) is 30.6 Å². The van der Waals surface area contributed by atoms with Gasteiger partial charge in [0.15, 0.2) is 0 Å². The maximum Gasteiger partial charge on any atom is 0.241 e. The Labute approximate surface area is 136 Å². The number of rotatable bonds is 8. The number of unbranched alkanes of at least 4 members (excludes halogenated alkanes) is 3. The highest BCUT2D eigenvalue weighted by atomic mass is 35.5. The van der Waals surface area contributed by atoms with E-state index in [1.807, 2.05) is 6.07 Å². The predicted molar refractivity (Wildman–Crippen MR) is 90.4 cm³/mol. The van der Waals surface area contributed by atoms with Gasteiger partial charge in [0, 0.05) is 22.3 Å². The summed E-state index contributed by atoms with van der Waals surface area (Å²) in [6, 6.07) is 10.5. The monoisotopic (exact) mass is 341 g/mol. The Balaban J connectivity index is 2.11. The lowest BCUT2D eigenvalue weighted by Gasteiger charge is -2.10. The van der Waals surface area contributed by atoms with Crippen molar-refractivity contribution in [3.05, 3.63) is 41.4 Å². The molecular formula is C16H22ClN2O2S+. The highest BCUT2D eigenvalue weighted by molar-refractivity contribution is 7.89. The molecule has 0 aliphatic rings.